The summed E-state index contributed by atoms with van der Waals surface area (Å²) in [5.41, 5.74) is 7.39. The molecule has 0 spiro atoms. The van der Waals surface area contributed by atoms with Crippen molar-refractivity contribution in [3.63, 3.8) is 0 Å². The summed E-state index contributed by atoms with van der Waals surface area (Å²) in [4.78, 5) is 13.5. The van der Waals surface area contributed by atoms with Crippen LogP contribution in [0, 0.1) is 18.6 Å². The van der Waals surface area contributed by atoms with Crippen LogP contribution in [-0.2, 0) is 19.8 Å². The first-order valence-electron chi connectivity index (χ1n) is 10.5. The standard InChI is InChI=1S/C24H22F2N2O3.C2H4O2/c1-14-11-15(8-10-20(14)29-2)24(13-31-23(27)28-24)16-7-9-19(25)18(12-16)17-5-4-6-21(30-3)22(17)26;1-4-2-3/h4-12H,13H2,1-3H3,(H2,27,28);2H,1H3. The normalized spacial score (nSPS) is 16.3. The van der Waals surface area contributed by atoms with E-state index in [-0.39, 0.29) is 29.5 Å². The molecular weight excluding hydrogens is 458 g/mol. The van der Waals surface area contributed by atoms with E-state index in [4.69, 9.17) is 24.7 Å². The first-order valence-corrected chi connectivity index (χ1v) is 10.5. The van der Waals surface area contributed by atoms with Crippen LogP contribution in [0.1, 0.15) is 16.7 Å². The molecule has 1 heterocycles. The van der Waals surface area contributed by atoms with Gasteiger partial charge in [-0.3, -0.25) is 4.79 Å². The van der Waals surface area contributed by atoms with Gasteiger partial charge >= 0.3 is 0 Å². The van der Waals surface area contributed by atoms with Gasteiger partial charge in [0, 0.05) is 11.1 Å². The average Bonchev–Trinajstić information content (AvgIpc) is 3.27. The third kappa shape index (κ3) is 5.03. The number of rotatable bonds is 6. The number of nitrogens with two attached hydrogens (primary N) is 1. The summed E-state index contributed by atoms with van der Waals surface area (Å²) in [5, 5.41) is 0. The predicted octanol–water partition coefficient (Wildman–Crippen LogP) is 4.34. The van der Waals surface area contributed by atoms with Gasteiger partial charge < -0.3 is 24.7 Å². The van der Waals surface area contributed by atoms with Crippen LogP contribution in [0.4, 0.5) is 8.78 Å². The van der Waals surface area contributed by atoms with E-state index in [1.165, 1.54) is 32.4 Å². The van der Waals surface area contributed by atoms with Crippen LogP contribution in [0.2, 0.25) is 0 Å². The third-order valence-electron chi connectivity index (χ3n) is 5.62. The lowest BCUT2D eigenvalue weighted by Crippen LogP contribution is -2.27. The Hall–Kier alpha value is -4.14. The predicted molar refractivity (Wildman–Crippen MR) is 128 cm³/mol. The molecule has 1 aliphatic heterocycles. The van der Waals surface area contributed by atoms with Gasteiger partial charge in [-0.05, 0) is 53.9 Å². The van der Waals surface area contributed by atoms with Gasteiger partial charge in [0.25, 0.3) is 12.5 Å². The monoisotopic (exact) mass is 484 g/mol. The topological polar surface area (TPSA) is 92.4 Å². The Morgan fingerprint density at radius 2 is 1.63 bits per heavy atom. The molecule has 3 aromatic rings. The summed E-state index contributed by atoms with van der Waals surface area (Å²) >= 11 is 0. The molecule has 0 fully saturated rings. The molecule has 1 atom stereocenters. The number of carbonyl (C=O) groups excluding carboxylic acids is 1. The number of carbonyl (C=O) groups is 1. The van der Waals surface area contributed by atoms with Crippen molar-refractivity contribution in [2.75, 3.05) is 27.9 Å². The number of hydrogen-bond acceptors (Lipinski definition) is 7. The molecule has 0 saturated carbocycles. The molecule has 0 radical (unpaired) electrons. The first kappa shape index (κ1) is 25.5. The number of aliphatic imine (C=N–C) groups is 1. The minimum atomic E-state index is -1.00. The maximum absolute atomic E-state index is 14.9. The van der Waals surface area contributed by atoms with Gasteiger partial charge in [0.15, 0.2) is 17.1 Å². The fourth-order valence-corrected chi connectivity index (χ4v) is 3.89. The Bertz CT molecular complexity index is 1250. The van der Waals surface area contributed by atoms with E-state index in [0.717, 1.165) is 16.9 Å². The maximum atomic E-state index is 14.9. The summed E-state index contributed by atoms with van der Waals surface area (Å²) in [7, 11) is 4.28. The van der Waals surface area contributed by atoms with E-state index in [0.29, 0.717) is 12.0 Å². The van der Waals surface area contributed by atoms with Crippen LogP contribution < -0.4 is 15.2 Å². The van der Waals surface area contributed by atoms with Crippen molar-refractivity contribution in [1.29, 1.82) is 0 Å². The van der Waals surface area contributed by atoms with Crippen LogP contribution in [-0.4, -0.2) is 40.4 Å². The van der Waals surface area contributed by atoms with E-state index in [1.54, 1.807) is 25.3 Å². The molecule has 3 aromatic carbocycles. The van der Waals surface area contributed by atoms with Crippen molar-refractivity contribution >= 4 is 12.5 Å². The zero-order valence-electron chi connectivity index (χ0n) is 19.8. The second-order valence-electron chi connectivity index (χ2n) is 7.63. The Morgan fingerprint density at radius 1 is 0.971 bits per heavy atom. The molecule has 0 bridgehead atoms. The summed E-state index contributed by atoms with van der Waals surface area (Å²) in [6.45, 7) is 2.43. The molecule has 184 valence electrons. The number of nitrogens with zero attached hydrogens (tertiary/aromatic N) is 1. The Kier molecular flexibility index (Phi) is 7.91. The number of halogens is 2. The van der Waals surface area contributed by atoms with Gasteiger partial charge in [0.1, 0.15) is 18.2 Å². The Balaban J connectivity index is 0.000000795. The second kappa shape index (κ2) is 10.9. The lowest BCUT2D eigenvalue weighted by Gasteiger charge is -2.27. The average molecular weight is 484 g/mol. The number of amidine groups is 1. The summed E-state index contributed by atoms with van der Waals surface area (Å²) < 4.78 is 49.5. The number of ether oxygens (including phenoxy) is 4. The van der Waals surface area contributed by atoms with Crippen molar-refractivity contribution in [2.24, 2.45) is 10.7 Å². The highest BCUT2D eigenvalue weighted by Crippen LogP contribution is 2.41. The van der Waals surface area contributed by atoms with Gasteiger partial charge in [-0.2, -0.15) is 0 Å². The van der Waals surface area contributed by atoms with Gasteiger partial charge in [-0.15, -0.1) is 0 Å². The number of hydrogen-bond donors (Lipinski definition) is 1. The molecule has 7 nitrogen and oxygen atoms in total. The molecule has 0 aromatic heterocycles. The van der Waals surface area contributed by atoms with Crippen LogP contribution >= 0.6 is 0 Å². The molecule has 35 heavy (non-hydrogen) atoms. The van der Waals surface area contributed by atoms with Crippen LogP contribution in [0.5, 0.6) is 11.5 Å². The second-order valence-corrected chi connectivity index (χ2v) is 7.63. The highest BCUT2D eigenvalue weighted by atomic mass is 19.1. The van der Waals surface area contributed by atoms with E-state index in [1.807, 2.05) is 25.1 Å². The zero-order valence-corrected chi connectivity index (χ0v) is 19.8. The Labute approximate surface area is 202 Å². The van der Waals surface area contributed by atoms with Crippen LogP contribution in [0.3, 0.4) is 0 Å². The maximum Gasteiger partial charge on any atom is 0.292 e. The smallest absolute Gasteiger partial charge is 0.292 e. The molecule has 0 amide bonds. The van der Waals surface area contributed by atoms with E-state index < -0.39 is 17.2 Å². The minimum Gasteiger partial charge on any atom is -0.496 e. The van der Waals surface area contributed by atoms with Gasteiger partial charge in [-0.25, -0.2) is 13.8 Å². The van der Waals surface area contributed by atoms with Crippen molar-refractivity contribution in [2.45, 2.75) is 12.5 Å². The number of benzene rings is 3. The molecule has 2 N–H and O–H groups in total. The van der Waals surface area contributed by atoms with Crippen LogP contribution in [0.25, 0.3) is 11.1 Å². The molecule has 9 heteroatoms. The first-order chi connectivity index (χ1) is 16.8. The summed E-state index contributed by atoms with van der Waals surface area (Å²) in [6.07, 6.45) is 0. The highest BCUT2D eigenvalue weighted by molar-refractivity contribution is 5.76. The third-order valence-corrected chi connectivity index (χ3v) is 5.62. The minimum absolute atomic E-state index is 0.0342. The largest absolute Gasteiger partial charge is 0.496 e. The fraction of sp³-hybridized carbons (Fsp3) is 0.231. The van der Waals surface area contributed by atoms with Crippen LogP contribution in [0.15, 0.2) is 59.6 Å². The lowest BCUT2D eigenvalue weighted by molar-refractivity contribution is -0.126. The van der Waals surface area contributed by atoms with E-state index in [2.05, 4.69) is 9.73 Å². The van der Waals surface area contributed by atoms with E-state index >= 15 is 0 Å². The highest BCUT2D eigenvalue weighted by Gasteiger charge is 2.41. The van der Waals surface area contributed by atoms with Crippen molar-refractivity contribution in [1.82, 2.24) is 0 Å². The lowest BCUT2D eigenvalue weighted by atomic mass is 9.82. The molecule has 1 unspecified atom stereocenters. The molecule has 0 saturated heterocycles. The van der Waals surface area contributed by atoms with Gasteiger partial charge in [0.2, 0.25) is 0 Å². The number of aryl methyl sites for hydroxylation is 1. The fourth-order valence-electron chi connectivity index (χ4n) is 3.89. The van der Waals surface area contributed by atoms with Crippen molar-refractivity contribution in [3.8, 4) is 22.6 Å². The van der Waals surface area contributed by atoms with Gasteiger partial charge in [-0.1, -0.05) is 24.3 Å². The molecule has 4 rings (SSSR count). The zero-order chi connectivity index (χ0) is 25.6. The SMILES string of the molecule is COC=O.COc1ccc(C2(c3ccc(F)c(-c4cccc(OC)c4F)c3)COC(N)=N2)cc1C. The molecular formula is C26H26F2N2O5. The number of methoxy groups -OCH3 is 3. The van der Waals surface area contributed by atoms with Crippen molar-refractivity contribution < 1.29 is 32.5 Å². The molecule has 0 aliphatic carbocycles. The summed E-state index contributed by atoms with van der Waals surface area (Å²) in [5.74, 6) is -0.434. The quantitative estimate of drug-likeness (QED) is 0.524. The van der Waals surface area contributed by atoms with E-state index in [9.17, 15) is 8.78 Å². The summed E-state index contributed by atoms with van der Waals surface area (Å²) in [6, 6.07) is 14.8. The van der Waals surface area contributed by atoms with Gasteiger partial charge in [0.05, 0.1) is 21.3 Å². The molecule has 1 aliphatic rings. The van der Waals surface area contributed by atoms with Crippen molar-refractivity contribution in [3.05, 3.63) is 82.9 Å². The Morgan fingerprint density at radius 3 is 2.20 bits per heavy atom.